The highest BCUT2D eigenvalue weighted by atomic mass is 32.1. The lowest BCUT2D eigenvalue weighted by Gasteiger charge is -2.07. The number of thiophene rings is 1. The highest BCUT2D eigenvalue weighted by molar-refractivity contribution is 7.14. The topological polar surface area (TPSA) is 63.2 Å². The molecular formula is C17H21N3O2S. The van der Waals surface area contributed by atoms with Gasteiger partial charge < -0.3 is 15.4 Å². The normalized spacial score (nSPS) is 17.2. The molecule has 3 heterocycles. The van der Waals surface area contributed by atoms with Crippen LogP contribution in [0, 0.1) is 6.92 Å². The standard InChI is InChI=1S/C17H21N3O2S/c1-12-6-7-18-16(11-12)19-8-9-20-17(21)15-5-4-14(23-15)13-3-2-10-22-13/h4-7,11,13H,2-3,8-10H2,1H3,(H,18,19)(H,20,21). The highest BCUT2D eigenvalue weighted by Crippen LogP contribution is 2.33. The number of nitrogens with one attached hydrogen (secondary N) is 2. The summed E-state index contributed by atoms with van der Waals surface area (Å²) in [6, 6.07) is 7.82. The number of rotatable bonds is 6. The van der Waals surface area contributed by atoms with Gasteiger partial charge in [0.25, 0.3) is 5.91 Å². The molecule has 0 radical (unpaired) electrons. The minimum Gasteiger partial charge on any atom is -0.373 e. The second-order valence-corrected chi connectivity index (χ2v) is 6.72. The molecule has 1 saturated heterocycles. The molecular weight excluding hydrogens is 310 g/mol. The molecule has 0 aliphatic carbocycles. The van der Waals surface area contributed by atoms with Gasteiger partial charge in [0.15, 0.2) is 0 Å². The zero-order valence-corrected chi connectivity index (χ0v) is 14.0. The number of aryl methyl sites for hydroxylation is 1. The van der Waals surface area contributed by atoms with Gasteiger partial charge in [-0.2, -0.15) is 0 Å². The van der Waals surface area contributed by atoms with E-state index < -0.39 is 0 Å². The third-order valence-corrected chi connectivity index (χ3v) is 4.91. The molecule has 0 aromatic carbocycles. The molecule has 23 heavy (non-hydrogen) atoms. The summed E-state index contributed by atoms with van der Waals surface area (Å²) < 4.78 is 5.65. The minimum absolute atomic E-state index is 0.0294. The Hall–Kier alpha value is -1.92. The first-order valence-corrected chi connectivity index (χ1v) is 8.70. The summed E-state index contributed by atoms with van der Waals surface area (Å²) in [6.07, 6.45) is 4.10. The molecule has 1 unspecified atom stereocenters. The van der Waals surface area contributed by atoms with E-state index in [0.717, 1.165) is 40.6 Å². The van der Waals surface area contributed by atoms with Crippen LogP contribution in [-0.2, 0) is 4.74 Å². The number of anilines is 1. The Morgan fingerprint density at radius 2 is 2.30 bits per heavy atom. The summed E-state index contributed by atoms with van der Waals surface area (Å²) >= 11 is 1.52. The van der Waals surface area contributed by atoms with Crippen molar-refractivity contribution in [2.45, 2.75) is 25.9 Å². The number of hydrogen-bond acceptors (Lipinski definition) is 5. The van der Waals surface area contributed by atoms with E-state index in [9.17, 15) is 4.79 Å². The number of carbonyl (C=O) groups excluding carboxylic acids is 1. The molecule has 1 fully saturated rings. The summed E-state index contributed by atoms with van der Waals surface area (Å²) in [5.74, 6) is 0.800. The van der Waals surface area contributed by atoms with Crippen molar-refractivity contribution in [1.82, 2.24) is 10.3 Å². The molecule has 0 bridgehead atoms. The number of ether oxygens (including phenoxy) is 1. The first-order chi connectivity index (χ1) is 11.2. The minimum atomic E-state index is -0.0294. The Balaban J connectivity index is 1.44. The largest absolute Gasteiger partial charge is 0.373 e. The lowest BCUT2D eigenvalue weighted by Crippen LogP contribution is -2.28. The van der Waals surface area contributed by atoms with E-state index in [1.807, 2.05) is 31.2 Å². The summed E-state index contributed by atoms with van der Waals surface area (Å²) in [5, 5.41) is 6.13. The molecule has 6 heteroatoms. The van der Waals surface area contributed by atoms with Crippen molar-refractivity contribution in [1.29, 1.82) is 0 Å². The number of aromatic nitrogens is 1. The Morgan fingerprint density at radius 1 is 1.39 bits per heavy atom. The first-order valence-electron chi connectivity index (χ1n) is 7.88. The fourth-order valence-electron chi connectivity index (χ4n) is 2.54. The SMILES string of the molecule is Cc1ccnc(NCCNC(=O)c2ccc(C3CCCO3)s2)c1. The molecule has 0 spiro atoms. The lowest BCUT2D eigenvalue weighted by atomic mass is 10.2. The number of hydrogen-bond donors (Lipinski definition) is 2. The predicted molar refractivity (Wildman–Crippen MR) is 92.0 cm³/mol. The fraction of sp³-hybridized carbons (Fsp3) is 0.412. The van der Waals surface area contributed by atoms with Crippen molar-refractivity contribution >= 4 is 23.1 Å². The van der Waals surface area contributed by atoms with Crippen LogP contribution in [0.25, 0.3) is 0 Å². The summed E-state index contributed by atoms with van der Waals surface area (Å²) in [6.45, 7) is 4.05. The van der Waals surface area contributed by atoms with E-state index >= 15 is 0 Å². The van der Waals surface area contributed by atoms with E-state index in [1.165, 1.54) is 11.3 Å². The van der Waals surface area contributed by atoms with Crippen LogP contribution in [0.4, 0.5) is 5.82 Å². The van der Waals surface area contributed by atoms with Crippen molar-refractivity contribution in [2.75, 3.05) is 25.0 Å². The van der Waals surface area contributed by atoms with Crippen LogP contribution in [0.5, 0.6) is 0 Å². The Labute approximate surface area is 140 Å². The maximum Gasteiger partial charge on any atom is 0.261 e. The highest BCUT2D eigenvalue weighted by Gasteiger charge is 2.20. The number of carbonyl (C=O) groups is 1. The second kappa shape index (κ2) is 7.57. The Bertz CT molecular complexity index is 665. The van der Waals surface area contributed by atoms with Gasteiger partial charge in [-0.05, 0) is 49.6 Å². The van der Waals surface area contributed by atoms with Crippen LogP contribution in [-0.4, -0.2) is 30.6 Å². The fourth-order valence-corrected chi connectivity index (χ4v) is 3.54. The molecule has 1 aliphatic rings. The summed E-state index contributed by atoms with van der Waals surface area (Å²) in [5.41, 5.74) is 1.16. The monoisotopic (exact) mass is 331 g/mol. The second-order valence-electron chi connectivity index (χ2n) is 5.60. The van der Waals surface area contributed by atoms with Crippen molar-refractivity contribution in [3.05, 3.63) is 45.8 Å². The van der Waals surface area contributed by atoms with Crippen molar-refractivity contribution in [3.8, 4) is 0 Å². The zero-order valence-electron chi connectivity index (χ0n) is 13.2. The Kier molecular flexibility index (Phi) is 5.25. The van der Waals surface area contributed by atoms with E-state index in [1.54, 1.807) is 6.20 Å². The van der Waals surface area contributed by atoms with Gasteiger partial charge in [-0.15, -0.1) is 11.3 Å². The number of nitrogens with zero attached hydrogens (tertiary/aromatic N) is 1. The number of amides is 1. The van der Waals surface area contributed by atoms with Gasteiger partial charge >= 0.3 is 0 Å². The van der Waals surface area contributed by atoms with Gasteiger partial charge in [-0.25, -0.2) is 4.98 Å². The molecule has 1 atom stereocenters. The Morgan fingerprint density at radius 3 is 3.09 bits per heavy atom. The van der Waals surface area contributed by atoms with Gasteiger partial charge in [0, 0.05) is 30.8 Å². The zero-order chi connectivity index (χ0) is 16.1. The molecule has 5 nitrogen and oxygen atoms in total. The molecule has 122 valence electrons. The third kappa shape index (κ3) is 4.30. The maximum absolute atomic E-state index is 12.2. The van der Waals surface area contributed by atoms with Crippen LogP contribution in [0.3, 0.4) is 0 Å². The van der Waals surface area contributed by atoms with Crippen LogP contribution < -0.4 is 10.6 Å². The van der Waals surface area contributed by atoms with Crippen LogP contribution in [0.1, 0.15) is 39.1 Å². The smallest absolute Gasteiger partial charge is 0.261 e. The van der Waals surface area contributed by atoms with Gasteiger partial charge in [-0.1, -0.05) is 0 Å². The summed E-state index contributed by atoms with van der Waals surface area (Å²) in [7, 11) is 0. The quantitative estimate of drug-likeness (QED) is 0.798. The lowest BCUT2D eigenvalue weighted by molar-refractivity contribution is 0.0959. The van der Waals surface area contributed by atoms with E-state index in [0.29, 0.717) is 13.1 Å². The van der Waals surface area contributed by atoms with Gasteiger partial charge in [0.05, 0.1) is 11.0 Å². The maximum atomic E-state index is 12.2. The number of pyridine rings is 1. The molecule has 2 aromatic rings. The van der Waals surface area contributed by atoms with Gasteiger partial charge in [0.2, 0.25) is 0 Å². The van der Waals surface area contributed by atoms with E-state index in [2.05, 4.69) is 15.6 Å². The van der Waals surface area contributed by atoms with Gasteiger partial charge in [-0.3, -0.25) is 4.79 Å². The van der Waals surface area contributed by atoms with Crippen LogP contribution in [0.15, 0.2) is 30.5 Å². The van der Waals surface area contributed by atoms with Crippen LogP contribution in [0.2, 0.25) is 0 Å². The molecule has 2 aromatic heterocycles. The third-order valence-electron chi connectivity index (χ3n) is 3.73. The summed E-state index contributed by atoms with van der Waals surface area (Å²) in [4.78, 5) is 18.3. The van der Waals surface area contributed by atoms with Gasteiger partial charge in [0.1, 0.15) is 5.82 Å². The predicted octanol–water partition coefficient (Wildman–Crippen LogP) is 3.14. The van der Waals surface area contributed by atoms with E-state index in [4.69, 9.17) is 4.74 Å². The van der Waals surface area contributed by atoms with E-state index in [-0.39, 0.29) is 12.0 Å². The first kappa shape index (κ1) is 16.0. The van der Waals surface area contributed by atoms with Crippen molar-refractivity contribution < 1.29 is 9.53 Å². The average molecular weight is 331 g/mol. The average Bonchev–Trinajstić information content (AvgIpc) is 3.21. The van der Waals surface area contributed by atoms with Crippen LogP contribution >= 0.6 is 11.3 Å². The molecule has 1 aliphatic heterocycles. The molecule has 2 N–H and O–H groups in total. The molecule has 1 amide bonds. The molecule has 3 rings (SSSR count). The van der Waals surface area contributed by atoms with Crippen molar-refractivity contribution in [2.24, 2.45) is 0 Å². The van der Waals surface area contributed by atoms with Crippen molar-refractivity contribution in [3.63, 3.8) is 0 Å². The molecule has 0 saturated carbocycles.